The number of benzene rings is 2. The first-order valence-corrected chi connectivity index (χ1v) is 11.0. The third-order valence-electron chi connectivity index (χ3n) is 5.79. The minimum Gasteiger partial charge on any atom is -0.441 e. The highest BCUT2D eigenvalue weighted by atomic mass is 19.4. The molecule has 8 nitrogen and oxygen atoms in total. The minimum atomic E-state index is -4.53. The largest absolute Gasteiger partial charge is 0.441 e. The number of carbonyl (C=O) groups is 1. The van der Waals surface area contributed by atoms with Gasteiger partial charge in [0, 0.05) is 17.4 Å². The van der Waals surface area contributed by atoms with E-state index in [0.29, 0.717) is 17.2 Å². The van der Waals surface area contributed by atoms with Crippen LogP contribution in [0.3, 0.4) is 0 Å². The Morgan fingerprint density at radius 3 is 2.64 bits per heavy atom. The normalized spacial score (nSPS) is 23.2. The Morgan fingerprint density at radius 1 is 1.03 bits per heavy atom. The molecule has 36 heavy (non-hydrogen) atoms. The SMILES string of the molecule is O=C(Nc1cccc(C(F)(F)F)c1)OC1COC2C(Nc3nccc(-c4cccc(F)c4)n3)COC12. The standard InChI is InChI=1S/C24H20F4N4O4/c25-15-5-1-3-13(9-15)17-7-8-29-22(31-17)32-18-11-34-21-19(12-35-20(18)21)36-23(33)30-16-6-2-4-14(10-16)24(26,27)28/h1-10,18-21H,11-12H2,(H,30,33)(H,29,31,32). The average molecular weight is 504 g/mol. The molecule has 0 spiro atoms. The number of nitrogens with zero attached hydrogens (tertiary/aromatic N) is 2. The number of anilines is 2. The molecule has 0 aliphatic carbocycles. The Bertz CT molecular complexity index is 1260. The van der Waals surface area contributed by atoms with Crippen molar-refractivity contribution in [2.24, 2.45) is 0 Å². The second-order valence-corrected chi connectivity index (χ2v) is 8.27. The Kier molecular flexibility index (Phi) is 6.46. The Labute approximate surface area is 202 Å². The van der Waals surface area contributed by atoms with Gasteiger partial charge in [0.15, 0.2) is 6.10 Å². The Hall–Kier alpha value is -3.77. The van der Waals surface area contributed by atoms with Gasteiger partial charge in [0.25, 0.3) is 0 Å². The van der Waals surface area contributed by atoms with Crippen molar-refractivity contribution in [3.8, 4) is 11.3 Å². The van der Waals surface area contributed by atoms with Gasteiger partial charge in [0.1, 0.15) is 18.0 Å². The van der Waals surface area contributed by atoms with Crippen LogP contribution in [-0.4, -0.2) is 53.6 Å². The lowest BCUT2D eigenvalue weighted by atomic mass is 10.1. The maximum Gasteiger partial charge on any atom is 0.416 e. The summed E-state index contributed by atoms with van der Waals surface area (Å²) in [5, 5.41) is 5.45. The highest BCUT2D eigenvalue weighted by Crippen LogP contribution is 2.32. The summed E-state index contributed by atoms with van der Waals surface area (Å²) in [4.78, 5) is 20.9. The highest BCUT2D eigenvalue weighted by Gasteiger charge is 2.49. The Balaban J connectivity index is 1.19. The Morgan fingerprint density at radius 2 is 1.83 bits per heavy atom. The summed E-state index contributed by atoms with van der Waals surface area (Å²) >= 11 is 0. The van der Waals surface area contributed by atoms with E-state index in [2.05, 4.69) is 20.6 Å². The zero-order valence-electron chi connectivity index (χ0n) is 18.5. The molecule has 2 aliphatic heterocycles. The zero-order chi connectivity index (χ0) is 25.3. The van der Waals surface area contributed by atoms with Crippen molar-refractivity contribution in [2.45, 2.75) is 30.5 Å². The van der Waals surface area contributed by atoms with Crippen LogP contribution in [0.5, 0.6) is 0 Å². The fraction of sp³-hybridized carbons (Fsp3) is 0.292. The summed E-state index contributed by atoms with van der Waals surface area (Å²) in [7, 11) is 0. The van der Waals surface area contributed by atoms with E-state index in [-0.39, 0.29) is 30.8 Å². The first kappa shape index (κ1) is 23.9. The van der Waals surface area contributed by atoms with Crippen LogP contribution in [0.1, 0.15) is 5.56 Å². The molecule has 0 radical (unpaired) electrons. The molecule has 0 bridgehead atoms. The van der Waals surface area contributed by atoms with Crippen molar-refractivity contribution in [3.63, 3.8) is 0 Å². The van der Waals surface area contributed by atoms with E-state index >= 15 is 0 Å². The number of hydrogen-bond donors (Lipinski definition) is 2. The quantitative estimate of drug-likeness (QED) is 0.495. The number of ether oxygens (including phenoxy) is 3. The van der Waals surface area contributed by atoms with Crippen LogP contribution in [0.4, 0.5) is 34.0 Å². The van der Waals surface area contributed by atoms with Crippen LogP contribution in [0.2, 0.25) is 0 Å². The fourth-order valence-electron chi connectivity index (χ4n) is 4.15. The molecule has 2 N–H and O–H groups in total. The van der Waals surface area contributed by atoms with Gasteiger partial charge in [-0.25, -0.2) is 19.2 Å². The van der Waals surface area contributed by atoms with E-state index in [1.807, 2.05) is 0 Å². The second-order valence-electron chi connectivity index (χ2n) is 8.27. The summed E-state index contributed by atoms with van der Waals surface area (Å²) in [6, 6.07) is 11.6. The van der Waals surface area contributed by atoms with Gasteiger partial charge in [-0.15, -0.1) is 0 Å². The van der Waals surface area contributed by atoms with Crippen LogP contribution < -0.4 is 10.6 Å². The van der Waals surface area contributed by atoms with Crippen molar-refractivity contribution >= 4 is 17.7 Å². The number of carbonyl (C=O) groups excluding carboxylic acids is 1. The van der Waals surface area contributed by atoms with Crippen LogP contribution in [0.25, 0.3) is 11.3 Å². The number of amides is 1. The molecule has 2 aromatic carbocycles. The zero-order valence-corrected chi connectivity index (χ0v) is 18.5. The topological polar surface area (TPSA) is 94.6 Å². The molecule has 1 amide bonds. The first-order chi connectivity index (χ1) is 17.3. The summed E-state index contributed by atoms with van der Waals surface area (Å²) in [5.74, 6) is -0.0867. The summed E-state index contributed by atoms with van der Waals surface area (Å²) in [5.41, 5.74) is 0.189. The number of aromatic nitrogens is 2. The number of halogens is 4. The van der Waals surface area contributed by atoms with Crippen LogP contribution in [-0.2, 0) is 20.4 Å². The van der Waals surface area contributed by atoms with Crippen LogP contribution in [0.15, 0.2) is 60.8 Å². The lowest BCUT2D eigenvalue weighted by molar-refractivity contribution is -0.137. The molecular weight excluding hydrogens is 484 g/mol. The maximum atomic E-state index is 13.6. The average Bonchev–Trinajstić information content (AvgIpc) is 3.42. The summed E-state index contributed by atoms with van der Waals surface area (Å²) in [6.07, 6.45) is -5.72. The molecule has 2 fully saturated rings. The molecule has 2 aliphatic rings. The molecule has 3 aromatic rings. The lowest BCUT2D eigenvalue weighted by Crippen LogP contribution is -2.38. The van der Waals surface area contributed by atoms with Crippen molar-refractivity contribution in [1.29, 1.82) is 0 Å². The first-order valence-electron chi connectivity index (χ1n) is 11.0. The highest BCUT2D eigenvalue weighted by molar-refractivity contribution is 5.84. The van der Waals surface area contributed by atoms with E-state index in [4.69, 9.17) is 14.2 Å². The third kappa shape index (κ3) is 5.24. The molecule has 12 heteroatoms. The summed E-state index contributed by atoms with van der Waals surface area (Å²) < 4.78 is 69.1. The van der Waals surface area contributed by atoms with Crippen LogP contribution in [0, 0.1) is 5.82 Å². The molecule has 2 saturated heterocycles. The lowest BCUT2D eigenvalue weighted by Gasteiger charge is -2.18. The van der Waals surface area contributed by atoms with Gasteiger partial charge in [0.2, 0.25) is 5.95 Å². The number of rotatable bonds is 5. The van der Waals surface area contributed by atoms with Crippen molar-refractivity contribution in [3.05, 3.63) is 72.2 Å². The van der Waals surface area contributed by atoms with Gasteiger partial charge >= 0.3 is 12.3 Å². The van der Waals surface area contributed by atoms with Crippen molar-refractivity contribution < 1.29 is 36.6 Å². The molecule has 4 unspecified atom stereocenters. The number of hydrogen-bond acceptors (Lipinski definition) is 7. The monoisotopic (exact) mass is 504 g/mol. The van der Waals surface area contributed by atoms with E-state index < -0.39 is 36.1 Å². The van der Waals surface area contributed by atoms with E-state index in [0.717, 1.165) is 12.1 Å². The molecule has 4 atom stereocenters. The molecule has 1 aromatic heterocycles. The van der Waals surface area contributed by atoms with Gasteiger partial charge in [-0.2, -0.15) is 13.2 Å². The predicted octanol–water partition coefficient (Wildman–Crippen LogP) is 4.50. The maximum absolute atomic E-state index is 13.6. The van der Waals surface area contributed by atoms with E-state index in [9.17, 15) is 22.4 Å². The summed E-state index contributed by atoms with van der Waals surface area (Å²) in [6.45, 7) is 0.270. The molecule has 0 saturated carbocycles. The number of alkyl halides is 3. The van der Waals surface area contributed by atoms with Gasteiger partial charge in [-0.05, 0) is 36.4 Å². The van der Waals surface area contributed by atoms with E-state index in [1.165, 1.54) is 24.3 Å². The van der Waals surface area contributed by atoms with Crippen molar-refractivity contribution in [1.82, 2.24) is 9.97 Å². The number of fused-ring (bicyclic) bond motifs is 1. The molecule has 5 rings (SSSR count). The van der Waals surface area contributed by atoms with E-state index in [1.54, 1.807) is 24.4 Å². The van der Waals surface area contributed by atoms with Gasteiger partial charge in [-0.3, -0.25) is 5.32 Å². The minimum absolute atomic E-state index is 0.0486. The number of nitrogens with one attached hydrogen (secondary N) is 2. The third-order valence-corrected chi connectivity index (χ3v) is 5.79. The van der Waals surface area contributed by atoms with Gasteiger partial charge < -0.3 is 19.5 Å². The van der Waals surface area contributed by atoms with Crippen molar-refractivity contribution in [2.75, 3.05) is 23.8 Å². The van der Waals surface area contributed by atoms with Gasteiger partial charge in [0.05, 0.1) is 30.5 Å². The second kappa shape index (κ2) is 9.70. The predicted molar refractivity (Wildman–Crippen MR) is 120 cm³/mol. The molecule has 3 heterocycles. The molecule has 188 valence electrons. The fourth-order valence-corrected chi connectivity index (χ4v) is 4.15. The smallest absolute Gasteiger partial charge is 0.416 e. The van der Waals surface area contributed by atoms with Gasteiger partial charge in [-0.1, -0.05) is 18.2 Å². The molecular formula is C24H20F4N4O4. The van der Waals surface area contributed by atoms with Crippen LogP contribution >= 0.6 is 0 Å².